The number of hydrogen-bond acceptors (Lipinski definition) is 4. The molecule has 1 aliphatic carbocycles. The topological polar surface area (TPSA) is 68.5 Å². The quantitative estimate of drug-likeness (QED) is 0.713. The first-order valence-corrected chi connectivity index (χ1v) is 9.95. The second kappa shape index (κ2) is 8.42. The molecule has 1 fully saturated rings. The number of nitrogens with zero attached hydrogens (tertiary/aromatic N) is 3. The third kappa shape index (κ3) is 4.32. The Hall–Kier alpha value is -2.89. The molecule has 1 N–H and O–H groups in total. The molecule has 1 saturated carbocycles. The number of fused-ring (bicyclic) bond motifs is 1. The van der Waals surface area contributed by atoms with Crippen molar-refractivity contribution in [2.75, 3.05) is 13.2 Å². The molecule has 28 heavy (non-hydrogen) atoms. The van der Waals surface area contributed by atoms with Crippen molar-refractivity contribution in [2.24, 2.45) is 5.92 Å². The lowest BCUT2D eigenvalue weighted by molar-refractivity contribution is -0.123. The van der Waals surface area contributed by atoms with Crippen LogP contribution in [0.5, 0.6) is 5.75 Å². The molecule has 4 rings (SSSR count). The van der Waals surface area contributed by atoms with E-state index in [-0.39, 0.29) is 12.5 Å². The molecule has 0 radical (unpaired) electrons. The zero-order chi connectivity index (χ0) is 19.3. The van der Waals surface area contributed by atoms with E-state index in [1.54, 1.807) is 0 Å². The van der Waals surface area contributed by atoms with Gasteiger partial charge in [-0.3, -0.25) is 4.79 Å². The zero-order valence-corrected chi connectivity index (χ0v) is 16.2. The molecule has 6 heteroatoms. The van der Waals surface area contributed by atoms with Gasteiger partial charge in [-0.2, -0.15) is 5.10 Å². The summed E-state index contributed by atoms with van der Waals surface area (Å²) in [5, 5.41) is 7.61. The Kier molecular flexibility index (Phi) is 5.55. The molecule has 0 unspecified atom stereocenters. The molecule has 1 aromatic carbocycles. The van der Waals surface area contributed by atoms with Crippen LogP contribution < -0.4 is 10.1 Å². The Bertz CT molecular complexity index is 930. The van der Waals surface area contributed by atoms with Crippen LogP contribution in [0.4, 0.5) is 0 Å². The number of aromatic nitrogens is 3. The number of carbonyl (C=O) groups excluding carboxylic acids is 1. The summed E-state index contributed by atoms with van der Waals surface area (Å²) in [5.74, 6) is 1.68. The Morgan fingerprint density at radius 2 is 1.96 bits per heavy atom. The number of aryl methyl sites for hydroxylation is 1. The molecule has 0 aliphatic heterocycles. The van der Waals surface area contributed by atoms with Crippen molar-refractivity contribution < 1.29 is 9.53 Å². The third-order valence-electron chi connectivity index (χ3n) is 5.48. The number of benzene rings is 1. The molecule has 6 nitrogen and oxygen atoms in total. The van der Waals surface area contributed by atoms with Crippen LogP contribution in [0.25, 0.3) is 5.65 Å². The van der Waals surface area contributed by atoms with Crippen molar-refractivity contribution in [1.29, 1.82) is 0 Å². The van der Waals surface area contributed by atoms with Gasteiger partial charge in [0.1, 0.15) is 5.75 Å². The van der Waals surface area contributed by atoms with Gasteiger partial charge in [0, 0.05) is 30.4 Å². The summed E-state index contributed by atoms with van der Waals surface area (Å²) in [7, 11) is 0. The number of para-hydroxylation sites is 1. The highest BCUT2D eigenvalue weighted by Gasteiger charge is 2.24. The first kappa shape index (κ1) is 18.5. The van der Waals surface area contributed by atoms with Gasteiger partial charge >= 0.3 is 0 Å². The monoisotopic (exact) mass is 378 g/mol. The summed E-state index contributed by atoms with van der Waals surface area (Å²) < 4.78 is 7.49. The number of rotatable bonds is 6. The van der Waals surface area contributed by atoms with Crippen molar-refractivity contribution in [3.05, 3.63) is 60.0 Å². The van der Waals surface area contributed by atoms with Gasteiger partial charge in [-0.25, -0.2) is 9.50 Å². The molecule has 0 spiro atoms. The molecular formula is C22H26N4O2. The van der Waals surface area contributed by atoms with E-state index in [0.717, 1.165) is 49.3 Å². The van der Waals surface area contributed by atoms with Gasteiger partial charge in [-0.15, -0.1) is 0 Å². The number of carbonyl (C=O) groups is 1. The molecule has 2 heterocycles. The summed E-state index contributed by atoms with van der Waals surface area (Å²) in [4.78, 5) is 16.4. The Morgan fingerprint density at radius 3 is 2.75 bits per heavy atom. The molecule has 1 amide bonds. The van der Waals surface area contributed by atoms with E-state index in [0.29, 0.717) is 11.8 Å². The van der Waals surface area contributed by atoms with Gasteiger partial charge in [-0.1, -0.05) is 18.2 Å². The highest BCUT2D eigenvalue weighted by atomic mass is 16.5. The first-order chi connectivity index (χ1) is 13.7. The van der Waals surface area contributed by atoms with Crippen molar-refractivity contribution in [3.8, 4) is 5.75 Å². The average molecular weight is 378 g/mol. The Morgan fingerprint density at radius 1 is 1.18 bits per heavy atom. The molecule has 0 bridgehead atoms. The van der Waals surface area contributed by atoms with Crippen LogP contribution >= 0.6 is 0 Å². The largest absolute Gasteiger partial charge is 0.484 e. The van der Waals surface area contributed by atoms with E-state index in [1.807, 2.05) is 54.0 Å². The number of ether oxygens (including phenoxy) is 1. The lowest BCUT2D eigenvalue weighted by atomic mass is 9.80. The SMILES string of the molecule is Cc1cc2nccc(C3CCC(CNC(=O)COc4ccccc4)CC3)n2n1. The predicted molar refractivity (Wildman–Crippen MR) is 107 cm³/mol. The van der Waals surface area contributed by atoms with Crippen molar-refractivity contribution in [3.63, 3.8) is 0 Å². The van der Waals surface area contributed by atoms with E-state index in [4.69, 9.17) is 4.74 Å². The van der Waals surface area contributed by atoms with Crippen LogP contribution in [0.15, 0.2) is 48.7 Å². The minimum Gasteiger partial charge on any atom is -0.484 e. The Labute approximate surface area is 164 Å². The Balaban J connectivity index is 1.24. The molecule has 146 valence electrons. The summed E-state index contributed by atoms with van der Waals surface area (Å²) in [6, 6.07) is 13.5. The van der Waals surface area contributed by atoms with E-state index in [9.17, 15) is 4.79 Å². The standard InChI is InChI=1S/C22H26N4O2/c1-16-13-21-23-12-11-20(26(21)25-16)18-9-7-17(8-10-18)14-24-22(27)15-28-19-5-3-2-4-6-19/h2-6,11-13,17-18H,7-10,14-15H2,1H3,(H,24,27). The van der Waals surface area contributed by atoms with Crippen LogP contribution in [0.1, 0.15) is 43.0 Å². The summed E-state index contributed by atoms with van der Waals surface area (Å²) in [6.45, 7) is 2.78. The highest BCUT2D eigenvalue weighted by Crippen LogP contribution is 2.35. The predicted octanol–water partition coefficient (Wildman–Crippen LogP) is 3.51. The van der Waals surface area contributed by atoms with Crippen molar-refractivity contribution in [2.45, 2.75) is 38.5 Å². The van der Waals surface area contributed by atoms with Gasteiger partial charge in [0.05, 0.1) is 5.69 Å². The number of amides is 1. The van der Waals surface area contributed by atoms with Gasteiger partial charge in [-0.05, 0) is 56.7 Å². The van der Waals surface area contributed by atoms with Gasteiger partial charge in [0.15, 0.2) is 12.3 Å². The maximum atomic E-state index is 12.0. The normalized spacial score (nSPS) is 19.5. The molecular weight excluding hydrogens is 352 g/mol. The zero-order valence-electron chi connectivity index (χ0n) is 16.2. The van der Waals surface area contributed by atoms with Crippen molar-refractivity contribution in [1.82, 2.24) is 19.9 Å². The van der Waals surface area contributed by atoms with Crippen LogP contribution in [-0.2, 0) is 4.79 Å². The fourth-order valence-corrected chi connectivity index (χ4v) is 3.97. The van der Waals surface area contributed by atoms with E-state index in [1.165, 1.54) is 5.69 Å². The average Bonchev–Trinajstić information content (AvgIpc) is 3.12. The van der Waals surface area contributed by atoms with Gasteiger partial charge in [0.25, 0.3) is 5.91 Å². The van der Waals surface area contributed by atoms with E-state index in [2.05, 4.69) is 21.5 Å². The van der Waals surface area contributed by atoms with Crippen LogP contribution in [-0.4, -0.2) is 33.7 Å². The minimum atomic E-state index is -0.0613. The van der Waals surface area contributed by atoms with Gasteiger partial charge in [0.2, 0.25) is 0 Å². The summed E-state index contributed by atoms with van der Waals surface area (Å²) in [5.41, 5.74) is 3.16. The lowest BCUT2D eigenvalue weighted by Crippen LogP contribution is -2.34. The minimum absolute atomic E-state index is 0.0613. The lowest BCUT2D eigenvalue weighted by Gasteiger charge is -2.29. The summed E-state index contributed by atoms with van der Waals surface area (Å²) in [6.07, 6.45) is 6.31. The van der Waals surface area contributed by atoms with E-state index < -0.39 is 0 Å². The van der Waals surface area contributed by atoms with Crippen LogP contribution in [0, 0.1) is 12.8 Å². The third-order valence-corrected chi connectivity index (χ3v) is 5.48. The molecule has 1 aliphatic rings. The van der Waals surface area contributed by atoms with E-state index >= 15 is 0 Å². The van der Waals surface area contributed by atoms with Crippen molar-refractivity contribution >= 4 is 11.6 Å². The molecule has 0 atom stereocenters. The second-order valence-electron chi connectivity index (χ2n) is 7.55. The summed E-state index contributed by atoms with van der Waals surface area (Å²) >= 11 is 0. The number of hydrogen-bond donors (Lipinski definition) is 1. The van der Waals surface area contributed by atoms with Crippen LogP contribution in [0.2, 0.25) is 0 Å². The fraction of sp³-hybridized carbons (Fsp3) is 0.409. The maximum absolute atomic E-state index is 12.0. The molecule has 2 aromatic heterocycles. The highest BCUT2D eigenvalue weighted by molar-refractivity contribution is 5.77. The second-order valence-corrected chi connectivity index (χ2v) is 7.55. The fourth-order valence-electron chi connectivity index (χ4n) is 3.97. The smallest absolute Gasteiger partial charge is 0.257 e. The van der Waals surface area contributed by atoms with Crippen LogP contribution in [0.3, 0.4) is 0 Å². The molecule has 0 saturated heterocycles. The number of nitrogens with one attached hydrogen (secondary N) is 1. The molecule has 3 aromatic rings. The van der Waals surface area contributed by atoms with Gasteiger partial charge < -0.3 is 10.1 Å². The first-order valence-electron chi connectivity index (χ1n) is 9.95. The maximum Gasteiger partial charge on any atom is 0.257 e.